The van der Waals surface area contributed by atoms with Crippen molar-refractivity contribution < 1.29 is 4.79 Å². The van der Waals surface area contributed by atoms with Crippen LogP contribution in [0.1, 0.15) is 57.1 Å². The lowest BCUT2D eigenvalue weighted by atomic mass is 9.89. The molecule has 0 spiro atoms. The molecule has 1 saturated heterocycles. The van der Waals surface area contributed by atoms with E-state index in [1.165, 1.54) is 48.9 Å². The number of amides is 1. The summed E-state index contributed by atoms with van der Waals surface area (Å²) in [5.41, 5.74) is 3.62. The van der Waals surface area contributed by atoms with Crippen LogP contribution in [-0.4, -0.2) is 49.1 Å². The minimum absolute atomic E-state index is 0.188. The maximum Gasteiger partial charge on any atom is 0.239 e. The second-order valence-electron chi connectivity index (χ2n) is 8.97. The largest absolute Gasteiger partial charge is 0.369 e. The third kappa shape index (κ3) is 4.66. The van der Waals surface area contributed by atoms with Crippen molar-refractivity contribution in [3.63, 3.8) is 0 Å². The van der Waals surface area contributed by atoms with Gasteiger partial charge in [-0.15, -0.1) is 0 Å². The second-order valence-corrected chi connectivity index (χ2v) is 8.97. The van der Waals surface area contributed by atoms with Crippen molar-refractivity contribution in [2.75, 3.05) is 37.6 Å². The Balaban J connectivity index is 1.54. The van der Waals surface area contributed by atoms with Gasteiger partial charge >= 0.3 is 0 Å². The zero-order valence-corrected chi connectivity index (χ0v) is 17.7. The summed E-state index contributed by atoms with van der Waals surface area (Å²) in [4.78, 5) is 17.7. The van der Waals surface area contributed by atoms with Crippen molar-refractivity contribution in [2.24, 2.45) is 5.92 Å². The summed E-state index contributed by atoms with van der Waals surface area (Å²) < 4.78 is 0. The van der Waals surface area contributed by atoms with Crippen molar-refractivity contribution >= 4 is 11.6 Å². The first-order valence-electron chi connectivity index (χ1n) is 10.7. The third-order valence-electron chi connectivity index (χ3n) is 6.82. The maximum atomic E-state index is 12.9. The standard InChI is InChI=1S/C23H37N3O/c1-18-9-8-12-21(19(18)2)25-13-15-26(16-14-25)23(3,4)22(27)24-17-20-10-6-5-7-11-20/h8-9,12,20H,5-7,10-11,13-17H2,1-4H3,(H,24,27). The monoisotopic (exact) mass is 371 g/mol. The molecule has 1 aliphatic carbocycles. The van der Waals surface area contributed by atoms with Gasteiger partial charge in [-0.1, -0.05) is 31.4 Å². The Morgan fingerprint density at radius 1 is 1.07 bits per heavy atom. The van der Waals surface area contributed by atoms with E-state index in [1.807, 2.05) is 0 Å². The van der Waals surface area contributed by atoms with E-state index in [1.54, 1.807) is 0 Å². The summed E-state index contributed by atoms with van der Waals surface area (Å²) in [6.07, 6.45) is 6.56. The molecule has 2 aliphatic rings. The number of benzene rings is 1. The van der Waals surface area contributed by atoms with E-state index in [0.717, 1.165) is 32.7 Å². The SMILES string of the molecule is Cc1cccc(N2CCN(C(C)(C)C(=O)NCC3CCCCC3)CC2)c1C. The lowest BCUT2D eigenvalue weighted by Crippen LogP contribution is -2.61. The molecule has 1 aromatic carbocycles. The van der Waals surface area contributed by atoms with E-state index < -0.39 is 5.54 Å². The molecule has 0 atom stereocenters. The van der Waals surface area contributed by atoms with Gasteiger partial charge in [-0.2, -0.15) is 0 Å². The zero-order valence-electron chi connectivity index (χ0n) is 17.7. The van der Waals surface area contributed by atoms with E-state index in [2.05, 4.69) is 61.0 Å². The Hall–Kier alpha value is -1.55. The fraction of sp³-hybridized carbons (Fsp3) is 0.696. The van der Waals surface area contributed by atoms with E-state index in [9.17, 15) is 4.79 Å². The Labute approximate surface area is 165 Å². The number of piperazine rings is 1. The quantitative estimate of drug-likeness (QED) is 0.853. The molecule has 27 heavy (non-hydrogen) atoms. The van der Waals surface area contributed by atoms with Gasteiger partial charge in [-0.25, -0.2) is 0 Å². The number of anilines is 1. The van der Waals surface area contributed by atoms with Crippen LogP contribution < -0.4 is 10.2 Å². The first-order valence-corrected chi connectivity index (χ1v) is 10.7. The average molecular weight is 372 g/mol. The Morgan fingerprint density at radius 2 is 1.74 bits per heavy atom. The number of nitrogens with one attached hydrogen (secondary N) is 1. The first-order chi connectivity index (χ1) is 12.9. The summed E-state index contributed by atoms with van der Waals surface area (Å²) >= 11 is 0. The molecule has 1 aliphatic heterocycles. The first kappa shape index (κ1) is 20.2. The molecule has 3 rings (SSSR count). The molecule has 0 unspecified atom stereocenters. The third-order valence-corrected chi connectivity index (χ3v) is 6.82. The van der Waals surface area contributed by atoms with Crippen LogP contribution in [0.2, 0.25) is 0 Å². The van der Waals surface area contributed by atoms with E-state index in [4.69, 9.17) is 0 Å². The Kier molecular flexibility index (Phi) is 6.46. The smallest absolute Gasteiger partial charge is 0.239 e. The van der Waals surface area contributed by atoms with Crippen LogP contribution in [0.5, 0.6) is 0 Å². The van der Waals surface area contributed by atoms with Crippen LogP contribution in [-0.2, 0) is 4.79 Å². The van der Waals surface area contributed by atoms with Crippen molar-refractivity contribution in [3.8, 4) is 0 Å². The summed E-state index contributed by atoms with van der Waals surface area (Å²) in [6.45, 7) is 13.2. The number of carbonyl (C=O) groups excluding carboxylic acids is 1. The summed E-state index contributed by atoms with van der Waals surface area (Å²) in [5, 5.41) is 3.26. The van der Waals surface area contributed by atoms with Crippen molar-refractivity contribution in [3.05, 3.63) is 29.3 Å². The molecule has 1 aromatic rings. The van der Waals surface area contributed by atoms with Gasteiger partial charge in [0.15, 0.2) is 0 Å². The molecular weight excluding hydrogens is 334 g/mol. The molecule has 2 fully saturated rings. The van der Waals surface area contributed by atoms with E-state index in [-0.39, 0.29) is 5.91 Å². The molecule has 150 valence electrons. The van der Waals surface area contributed by atoms with Crippen LogP contribution in [0.15, 0.2) is 18.2 Å². The van der Waals surface area contributed by atoms with Crippen LogP contribution in [0, 0.1) is 19.8 Å². The number of hydrogen-bond acceptors (Lipinski definition) is 3. The average Bonchev–Trinajstić information content (AvgIpc) is 2.69. The second kappa shape index (κ2) is 8.64. The summed E-state index contributed by atoms with van der Waals surface area (Å²) in [5.74, 6) is 0.868. The van der Waals surface area contributed by atoms with Crippen molar-refractivity contribution in [1.29, 1.82) is 0 Å². The van der Waals surface area contributed by atoms with Crippen LogP contribution in [0.4, 0.5) is 5.69 Å². The van der Waals surface area contributed by atoms with Crippen LogP contribution in [0.25, 0.3) is 0 Å². The van der Waals surface area contributed by atoms with Gasteiger partial charge in [-0.3, -0.25) is 9.69 Å². The number of hydrogen-bond donors (Lipinski definition) is 1. The molecule has 4 heteroatoms. The Bertz CT molecular complexity index is 641. The fourth-order valence-electron chi connectivity index (χ4n) is 4.57. The van der Waals surface area contributed by atoms with E-state index >= 15 is 0 Å². The summed E-state index contributed by atoms with van der Waals surface area (Å²) in [6, 6.07) is 6.54. The molecule has 1 amide bonds. The van der Waals surface area contributed by atoms with Gasteiger partial charge < -0.3 is 10.2 Å². The van der Waals surface area contributed by atoms with Crippen LogP contribution >= 0.6 is 0 Å². The van der Waals surface area contributed by atoms with Crippen LogP contribution in [0.3, 0.4) is 0 Å². The molecule has 1 saturated carbocycles. The molecular formula is C23H37N3O. The topological polar surface area (TPSA) is 35.6 Å². The predicted octanol–water partition coefficient (Wildman–Crippen LogP) is 3.90. The molecule has 0 aromatic heterocycles. The number of nitrogens with zero attached hydrogens (tertiary/aromatic N) is 2. The lowest BCUT2D eigenvalue weighted by molar-refractivity contribution is -0.132. The van der Waals surface area contributed by atoms with E-state index in [0.29, 0.717) is 5.92 Å². The van der Waals surface area contributed by atoms with Gasteiger partial charge in [-0.05, 0) is 63.6 Å². The molecule has 0 bridgehead atoms. The maximum absolute atomic E-state index is 12.9. The number of aryl methyl sites for hydroxylation is 1. The number of carbonyl (C=O) groups is 1. The molecule has 4 nitrogen and oxygen atoms in total. The van der Waals surface area contributed by atoms with Gasteiger partial charge in [0, 0.05) is 38.4 Å². The normalized spacial score (nSPS) is 19.9. The van der Waals surface area contributed by atoms with Gasteiger partial charge in [0.1, 0.15) is 0 Å². The highest BCUT2D eigenvalue weighted by Crippen LogP contribution is 2.26. The minimum Gasteiger partial charge on any atom is -0.369 e. The van der Waals surface area contributed by atoms with Gasteiger partial charge in [0.25, 0.3) is 0 Å². The predicted molar refractivity (Wildman–Crippen MR) is 113 cm³/mol. The molecule has 0 radical (unpaired) electrons. The highest BCUT2D eigenvalue weighted by Gasteiger charge is 2.36. The van der Waals surface area contributed by atoms with Gasteiger partial charge in [0.05, 0.1) is 5.54 Å². The van der Waals surface area contributed by atoms with Crippen molar-refractivity contribution in [2.45, 2.75) is 65.3 Å². The van der Waals surface area contributed by atoms with Gasteiger partial charge in [0.2, 0.25) is 5.91 Å². The fourth-order valence-corrected chi connectivity index (χ4v) is 4.57. The van der Waals surface area contributed by atoms with Crippen molar-refractivity contribution in [1.82, 2.24) is 10.2 Å². The Morgan fingerprint density at radius 3 is 2.41 bits per heavy atom. The number of rotatable bonds is 5. The minimum atomic E-state index is -0.442. The zero-order chi connectivity index (χ0) is 19.4. The highest BCUT2D eigenvalue weighted by molar-refractivity contribution is 5.85. The summed E-state index contributed by atoms with van der Waals surface area (Å²) in [7, 11) is 0. The lowest BCUT2D eigenvalue weighted by Gasteiger charge is -2.44. The molecule has 1 N–H and O–H groups in total. The highest BCUT2D eigenvalue weighted by atomic mass is 16.2. The molecule has 1 heterocycles.